The minimum atomic E-state index is -0.823. The molecule has 126 valence electrons. The predicted octanol–water partition coefficient (Wildman–Crippen LogP) is 1.78. The number of amides is 3. The van der Waals surface area contributed by atoms with Gasteiger partial charge in [0.1, 0.15) is 12.6 Å². The van der Waals surface area contributed by atoms with Crippen LogP contribution in [0.25, 0.3) is 10.4 Å². The van der Waals surface area contributed by atoms with Crippen LogP contribution in [0.5, 0.6) is 0 Å². The third-order valence-corrected chi connectivity index (χ3v) is 5.63. The van der Waals surface area contributed by atoms with Crippen LogP contribution in [-0.4, -0.2) is 40.8 Å². The van der Waals surface area contributed by atoms with Gasteiger partial charge in [-0.3, -0.25) is 19.3 Å². The summed E-state index contributed by atoms with van der Waals surface area (Å²) >= 11 is 3.08. The molecule has 3 rings (SSSR count). The zero-order chi connectivity index (χ0) is 17.1. The van der Waals surface area contributed by atoms with E-state index in [1.165, 1.54) is 11.3 Å². The van der Waals surface area contributed by atoms with E-state index in [4.69, 9.17) is 0 Å². The molecule has 24 heavy (non-hydrogen) atoms. The highest BCUT2D eigenvalue weighted by molar-refractivity contribution is 7.16. The van der Waals surface area contributed by atoms with Crippen LogP contribution >= 0.6 is 22.7 Å². The van der Waals surface area contributed by atoms with Gasteiger partial charge in [-0.05, 0) is 29.0 Å². The van der Waals surface area contributed by atoms with Crippen molar-refractivity contribution in [1.82, 2.24) is 10.2 Å². The van der Waals surface area contributed by atoms with Crippen molar-refractivity contribution >= 4 is 40.4 Å². The summed E-state index contributed by atoms with van der Waals surface area (Å²) in [5, 5.41) is 16.8. The number of hydrogen-bond donors (Lipinski definition) is 2. The Morgan fingerprint density at radius 2 is 2.00 bits per heavy atom. The van der Waals surface area contributed by atoms with E-state index in [0.717, 1.165) is 20.2 Å². The largest absolute Gasteiger partial charge is 0.386 e. The minimum Gasteiger partial charge on any atom is -0.386 e. The molecule has 1 aliphatic rings. The molecular weight excluding hydrogens is 348 g/mol. The second-order valence-electron chi connectivity index (χ2n) is 5.41. The van der Waals surface area contributed by atoms with Gasteiger partial charge in [-0.1, -0.05) is 0 Å². The van der Waals surface area contributed by atoms with Crippen LogP contribution in [0.2, 0.25) is 0 Å². The summed E-state index contributed by atoms with van der Waals surface area (Å²) in [6, 6.07) is 5.79. The molecule has 1 unspecified atom stereocenters. The molecule has 2 aromatic heterocycles. The van der Waals surface area contributed by atoms with E-state index in [9.17, 15) is 19.5 Å². The molecule has 1 saturated heterocycles. The Bertz CT molecular complexity index is 738. The van der Waals surface area contributed by atoms with Crippen molar-refractivity contribution in [3.05, 3.63) is 33.8 Å². The van der Waals surface area contributed by atoms with E-state index < -0.39 is 12.0 Å². The van der Waals surface area contributed by atoms with Crippen molar-refractivity contribution in [3.8, 4) is 10.4 Å². The van der Waals surface area contributed by atoms with Gasteiger partial charge in [0.05, 0.1) is 0 Å². The lowest BCUT2D eigenvalue weighted by Gasteiger charge is -2.15. The molecule has 0 spiro atoms. The third-order valence-electron chi connectivity index (χ3n) is 3.71. The monoisotopic (exact) mass is 364 g/mol. The molecule has 0 bridgehead atoms. The number of aliphatic hydroxyl groups is 1. The average molecular weight is 364 g/mol. The number of aliphatic hydroxyl groups excluding tert-OH is 1. The van der Waals surface area contributed by atoms with Crippen LogP contribution in [-0.2, 0) is 14.4 Å². The summed E-state index contributed by atoms with van der Waals surface area (Å²) in [5.74, 6) is -1.10. The van der Waals surface area contributed by atoms with Gasteiger partial charge in [0.25, 0.3) is 0 Å². The molecule has 6 nitrogen and oxygen atoms in total. The van der Waals surface area contributed by atoms with Crippen LogP contribution < -0.4 is 5.32 Å². The summed E-state index contributed by atoms with van der Waals surface area (Å²) in [4.78, 5) is 37.6. The highest BCUT2D eigenvalue weighted by atomic mass is 32.1. The van der Waals surface area contributed by atoms with Gasteiger partial charge in [0.2, 0.25) is 17.7 Å². The topological polar surface area (TPSA) is 86.7 Å². The summed E-state index contributed by atoms with van der Waals surface area (Å²) in [5.41, 5.74) is 1.11. The number of nitrogens with zero attached hydrogens (tertiary/aromatic N) is 1. The molecule has 2 aromatic rings. The highest BCUT2D eigenvalue weighted by Crippen LogP contribution is 2.32. The second kappa shape index (κ2) is 7.25. The van der Waals surface area contributed by atoms with Gasteiger partial charge in [0, 0.05) is 34.7 Å². The Morgan fingerprint density at radius 1 is 1.25 bits per heavy atom. The van der Waals surface area contributed by atoms with Gasteiger partial charge < -0.3 is 10.4 Å². The van der Waals surface area contributed by atoms with Gasteiger partial charge in [-0.25, -0.2) is 0 Å². The molecule has 0 saturated carbocycles. The molecule has 1 atom stereocenters. The molecule has 3 amide bonds. The number of hydrogen-bond acceptors (Lipinski definition) is 6. The Hall–Kier alpha value is -2.03. The number of rotatable bonds is 6. The Labute approximate surface area is 146 Å². The Kier molecular flexibility index (Phi) is 5.08. The molecular formula is C16H16N2O4S2. The molecule has 0 aliphatic carbocycles. The number of carbonyl (C=O) groups is 3. The van der Waals surface area contributed by atoms with E-state index >= 15 is 0 Å². The zero-order valence-electron chi connectivity index (χ0n) is 12.7. The summed E-state index contributed by atoms with van der Waals surface area (Å²) in [6.07, 6.45) is -0.499. The van der Waals surface area contributed by atoms with Crippen molar-refractivity contribution < 1.29 is 19.5 Å². The number of nitrogens with one attached hydrogen (secondary N) is 1. The fraction of sp³-hybridized carbons (Fsp3) is 0.312. The first kappa shape index (κ1) is 16.8. The van der Waals surface area contributed by atoms with Crippen molar-refractivity contribution in [2.75, 3.05) is 13.1 Å². The van der Waals surface area contributed by atoms with E-state index in [1.807, 2.05) is 29.0 Å². The van der Waals surface area contributed by atoms with Crippen LogP contribution in [0.3, 0.4) is 0 Å². The number of likely N-dealkylation sites (tertiary alicyclic amines) is 1. The second-order valence-corrected chi connectivity index (χ2v) is 7.30. The first-order valence-corrected chi connectivity index (χ1v) is 9.21. The normalized spacial score (nSPS) is 15.8. The molecule has 0 radical (unpaired) electrons. The van der Waals surface area contributed by atoms with E-state index in [-0.39, 0.29) is 37.7 Å². The highest BCUT2D eigenvalue weighted by Gasteiger charge is 2.30. The number of imide groups is 1. The third kappa shape index (κ3) is 3.72. The zero-order valence-corrected chi connectivity index (χ0v) is 14.4. The van der Waals surface area contributed by atoms with E-state index in [0.29, 0.717) is 0 Å². The predicted molar refractivity (Wildman–Crippen MR) is 91.6 cm³/mol. The molecule has 0 aromatic carbocycles. The molecule has 8 heteroatoms. The SMILES string of the molecule is O=C(CN1C(=O)CCC1=O)NCC(O)c1ccc(-c2ccsc2)s1. The maximum Gasteiger partial charge on any atom is 0.240 e. The molecule has 2 N–H and O–H groups in total. The molecule has 1 fully saturated rings. The van der Waals surface area contributed by atoms with Crippen molar-refractivity contribution in [2.45, 2.75) is 18.9 Å². The quantitative estimate of drug-likeness (QED) is 0.765. The summed E-state index contributed by atoms with van der Waals surface area (Å²) in [7, 11) is 0. The van der Waals surface area contributed by atoms with Crippen LogP contribution in [0.1, 0.15) is 23.8 Å². The van der Waals surface area contributed by atoms with E-state index in [1.54, 1.807) is 11.3 Å². The average Bonchev–Trinajstić information content (AvgIpc) is 3.29. The summed E-state index contributed by atoms with van der Waals surface area (Å²) in [6.45, 7) is -0.242. The van der Waals surface area contributed by atoms with Gasteiger partial charge in [0.15, 0.2) is 0 Å². The number of thiophene rings is 2. The maximum absolute atomic E-state index is 11.9. The van der Waals surface area contributed by atoms with Crippen LogP contribution in [0, 0.1) is 0 Å². The molecule has 3 heterocycles. The lowest BCUT2D eigenvalue weighted by molar-refractivity contribution is -0.142. The van der Waals surface area contributed by atoms with E-state index in [2.05, 4.69) is 5.32 Å². The van der Waals surface area contributed by atoms with Crippen LogP contribution in [0.15, 0.2) is 29.0 Å². The first-order chi connectivity index (χ1) is 11.5. The fourth-order valence-electron chi connectivity index (χ4n) is 2.40. The lowest BCUT2D eigenvalue weighted by atomic mass is 10.2. The standard InChI is InChI=1S/C16H16N2O4S2/c19-11(13-2-1-12(24-13)10-5-6-23-9-10)7-17-14(20)8-18-15(21)3-4-16(18)22/h1-2,5-6,9,11,19H,3-4,7-8H2,(H,17,20). The van der Waals surface area contributed by atoms with Gasteiger partial charge in [-0.2, -0.15) is 11.3 Å². The van der Waals surface area contributed by atoms with Crippen molar-refractivity contribution in [3.63, 3.8) is 0 Å². The Balaban J connectivity index is 1.52. The van der Waals surface area contributed by atoms with Crippen molar-refractivity contribution in [1.29, 1.82) is 0 Å². The van der Waals surface area contributed by atoms with Gasteiger partial charge >= 0.3 is 0 Å². The Morgan fingerprint density at radius 3 is 2.67 bits per heavy atom. The first-order valence-electron chi connectivity index (χ1n) is 7.45. The lowest BCUT2D eigenvalue weighted by Crippen LogP contribution is -2.41. The van der Waals surface area contributed by atoms with Crippen molar-refractivity contribution in [2.24, 2.45) is 0 Å². The fourth-order valence-corrected chi connectivity index (χ4v) is 4.12. The minimum absolute atomic E-state index is 0.0403. The van der Waals surface area contributed by atoms with Crippen LogP contribution in [0.4, 0.5) is 0 Å². The summed E-state index contributed by atoms with van der Waals surface area (Å²) < 4.78 is 0. The maximum atomic E-state index is 11.9. The van der Waals surface area contributed by atoms with Gasteiger partial charge in [-0.15, -0.1) is 11.3 Å². The number of carbonyl (C=O) groups excluding carboxylic acids is 3. The molecule has 1 aliphatic heterocycles. The smallest absolute Gasteiger partial charge is 0.240 e.